The zero-order valence-corrected chi connectivity index (χ0v) is 17.3. The molecule has 1 aromatic heterocycles. The van der Waals surface area contributed by atoms with Gasteiger partial charge in [0.2, 0.25) is 0 Å². The minimum absolute atomic E-state index is 0.228. The van der Waals surface area contributed by atoms with Crippen LogP contribution in [0.3, 0.4) is 0 Å². The van der Waals surface area contributed by atoms with Gasteiger partial charge in [-0.05, 0) is 36.4 Å². The molecule has 0 radical (unpaired) electrons. The summed E-state index contributed by atoms with van der Waals surface area (Å²) in [6.45, 7) is 0.916. The lowest BCUT2D eigenvalue weighted by Gasteiger charge is -2.05. The van der Waals surface area contributed by atoms with Crippen LogP contribution in [0.4, 0.5) is 0 Å². The minimum Gasteiger partial charge on any atom is -0.497 e. The van der Waals surface area contributed by atoms with Crippen molar-refractivity contribution in [3.63, 3.8) is 0 Å². The predicted octanol–water partition coefficient (Wildman–Crippen LogP) is 2.50. The molecule has 3 aromatic rings. The van der Waals surface area contributed by atoms with Crippen LogP contribution in [0.5, 0.6) is 5.75 Å². The second kappa shape index (κ2) is 8.26. The van der Waals surface area contributed by atoms with E-state index in [1.54, 1.807) is 49.6 Å². The normalized spacial score (nSPS) is 12.5. The molecule has 0 aliphatic rings. The van der Waals surface area contributed by atoms with E-state index in [4.69, 9.17) is 9.47 Å². The highest BCUT2D eigenvalue weighted by Crippen LogP contribution is 2.22. The number of carbonyl (C=O) groups is 1. The van der Waals surface area contributed by atoms with Crippen LogP contribution in [-0.2, 0) is 21.1 Å². The molecule has 0 saturated carbocycles. The van der Waals surface area contributed by atoms with E-state index in [1.807, 2.05) is 4.57 Å². The molecular weight excluding hydrogens is 400 g/mol. The monoisotopic (exact) mass is 420 g/mol. The van der Waals surface area contributed by atoms with E-state index >= 15 is 0 Å². The lowest BCUT2D eigenvalue weighted by atomic mass is 10.2. The number of ether oxygens (including phenoxy) is 2. The van der Waals surface area contributed by atoms with Crippen molar-refractivity contribution in [1.29, 1.82) is 0 Å². The number of hydrogen-bond acceptors (Lipinski definition) is 6. The maximum atomic E-state index is 12.7. The number of nitrogens with zero attached hydrogens (tertiary/aromatic N) is 2. The Morgan fingerprint density at radius 2 is 1.96 bits per heavy atom. The first kappa shape index (κ1) is 20.2. The Hall–Kier alpha value is -2.49. The summed E-state index contributed by atoms with van der Waals surface area (Å²) >= 11 is 1.26. The van der Waals surface area contributed by atoms with E-state index in [2.05, 4.69) is 4.99 Å². The maximum absolute atomic E-state index is 12.7. The molecule has 1 amide bonds. The molecule has 2 aromatic carbocycles. The number of carbonyl (C=O) groups excluding carboxylic acids is 1. The first-order valence-corrected chi connectivity index (χ1v) is 11.1. The first-order valence-electron chi connectivity index (χ1n) is 8.39. The topological polar surface area (TPSA) is 87.0 Å². The van der Waals surface area contributed by atoms with Crippen molar-refractivity contribution in [3.05, 3.63) is 52.8 Å². The molecule has 0 fully saturated rings. The number of methoxy groups -OCH3 is 2. The molecule has 0 N–H and O–H groups in total. The highest BCUT2D eigenvalue weighted by Gasteiger charge is 2.13. The van der Waals surface area contributed by atoms with Gasteiger partial charge in [-0.2, -0.15) is 4.99 Å². The number of aromatic nitrogens is 1. The molecule has 3 rings (SSSR count). The number of hydrogen-bond donors (Lipinski definition) is 0. The van der Waals surface area contributed by atoms with Gasteiger partial charge in [-0.15, -0.1) is 0 Å². The molecule has 148 valence electrons. The zero-order valence-electron chi connectivity index (χ0n) is 15.7. The second-order valence-corrected chi connectivity index (χ2v) is 9.10. The van der Waals surface area contributed by atoms with Crippen LogP contribution in [-0.4, -0.2) is 46.0 Å². The van der Waals surface area contributed by atoms with Gasteiger partial charge in [0.1, 0.15) is 5.75 Å². The summed E-state index contributed by atoms with van der Waals surface area (Å²) in [5, 5.41) is 0. The summed E-state index contributed by atoms with van der Waals surface area (Å²) in [7, 11) is -0.202. The minimum atomic E-state index is -3.33. The van der Waals surface area contributed by atoms with Gasteiger partial charge in [-0.25, -0.2) is 8.42 Å². The van der Waals surface area contributed by atoms with Crippen LogP contribution in [0, 0.1) is 0 Å². The van der Waals surface area contributed by atoms with Gasteiger partial charge >= 0.3 is 0 Å². The van der Waals surface area contributed by atoms with Gasteiger partial charge in [0.15, 0.2) is 14.6 Å². The number of amides is 1. The Morgan fingerprint density at radius 3 is 2.64 bits per heavy atom. The van der Waals surface area contributed by atoms with Gasteiger partial charge in [0.25, 0.3) is 5.91 Å². The molecule has 0 spiro atoms. The molecule has 0 bridgehead atoms. The van der Waals surface area contributed by atoms with Crippen molar-refractivity contribution >= 4 is 37.3 Å². The van der Waals surface area contributed by atoms with Crippen molar-refractivity contribution in [2.75, 3.05) is 27.1 Å². The number of thiazole rings is 1. The van der Waals surface area contributed by atoms with Crippen molar-refractivity contribution < 1.29 is 22.7 Å². The van der Waals surface area contributed by atoms with Gasteiger partial charge in [0.05, 0.1) is 28.8 Å². The molecule has 0 aliphatic carbocycles. The fourth-order valence-corrected chi connectivity index (χ4v) is 4.49. The number of rotatable bonds is 6. The Morgan fingerprint density at radius 1 is 1.18 bits per heavy atom. The number of fused-ring (bicyclic) bond motifs is 1. The standard InChI is InChI=1S/C19H20N2O5S2/c1-25-10-9-21-16-8-7-15(28(3,23)24)12-17(16)27-19(21)20-18(22)13-5-4-6-14(11-13)26-2/h4-8,11-12H,9-10H2,1-3H3. The quantitative estimate of drug-likeness (QED) is 0.612. The van der Waals surface area contributed by atoms with Crippen molar-refractivity contribution in [2.24, 2.45) is 4.99 Å². The van der Waals surface area contributed by atoms with Crippen LogP contribution in [0.15, 0.2) is 52.4 Å². The molecule has 28 heavy (non-hydrogen) atoms. The Bertz CT molecular complexity index is 1190. The summed E-state index contributed by atoms with van der Waals surface area (Å²) in [4.78, 5) is 17.6. The van der Waals surface area contributed by atoms with E-state index in [9.17, 15) is 13.2 Å². The summed E-state index contributed by atoms with van der Waals surface area (Å²) in [6, 6.07) is 11.7. The number of benzene rings is 2. The van der Waals surface area contributed by atoms with Crippen molar-refractivity contribution in [3.8, 4) is 5.75 Å². The zero-order chi connectivity index (χ0) is 20.3. The summed E-state index contributed by atoms with van der Waals surface area (Å²) < 4.78 is 36.6. The molecule has 0 unspecified atom stereocenters. The van der Waals surface area contributed by atoms with Crippen LogP contribution in [0.1, 0.15) is 10.4 Å². The van der Waals surface area contributed by atoms with Crippen LogP contribution >= 0.6 is 11.3 Å². The fraction of sp³-hybridized carbons (Fsp3) is 0.263. The molecule has 0 aliphatic heterocycles. The van der Waals surface area contributed by atoms with Gasteiger partial charge in [0, 0.05) is 25.5 Å². The van der Waals surface area contributed by atoms with Crippen molar-refractivity contribution in [2.45, 2.75) is 11.4 Å². The molecule has 1 heterocycles. The van der Waals surface area contributed by atoms with Gasteiger partial charge in [-0.1, -0.05) is 17.4 Å². The summed E-state index contributed by atoms with van der Waals surface area (Å²) in [5.41, 5.74) is 1.21. The van der Waals surface area contributed by atoms with E-state index < -0.39 is 15.7 Å². The first-order chi connectivity index (χ1) is 13.3. The predicted molar refractivity (Wildman–Crippen MR) is 108 cm³/mol. The molecule has 0 atom stereocenters. The average molecular weight is 421 g/mol. The smallest absolute Gasteiger partial charge is 0.279 e. The van der Waals surface area contributed by atoms with Gasteiger partial charge in [-0.3, -0.25) is 4.79 Å². The third-order valence-corrected chi connectivity index (χ3v) is 6.27. The highest BCUT2D eigenvalue weighted by molar-refractivity contribution is 7.90. The largest absolute Gasteiger partial charge is 0.497 e. The van der Waals surface area contributed by atoms with Crippen LogP contribution in [0.25, 0.3) is 10.2 Å². The Balaban J connectivity index is 2.14. The molecule has 9 heteroatoms. The third-order valence-electron chi connectivity index (χ3n) is 4.12. The molecule has 0 saturated heterocycles. The van der Waals surface area contributed by atoms with Gasteiger partial charge < -0.3 is 14.0 Å². The van der Waals surface area contributed by atoms with E-state index in [-0.39, 0.29) is 4.90 Å². The van der Waals surface area contributed by atoms with Crippen molar-refractivity contribution in [1.82, 2.24) is 4.57 Å². The fourth-order valence-electron chi connectivity index (χ4n) is 2.68. The highest BCUT2D eigenvalue weighted by atomic mass is 32.2. The maximum Gasteiger partial charge on any atom is 0.279 e. The lowest BCUT2D eigenvalue weighted by Crippen LogP contribution is -2.19. The van der Waals surface area contributed by atoms with Crippen LogP contribution < -0.4 is 9.54 Å². The molecular formula is C19H20N2O5S2. The van der Waals surface area contributed by atoms with E-state index in [0.717, 1.165) is 10.2 Å². The van der Waals surface area contributed by atoms with E-state index in [0.29, 0.717) is 29.3 Å². The summed E-state index contributed by atoms with van der Waals surface area (Å²) in [6.07, 6.45) is 1.17. The SMILES string of the molecule is COCCn1c(=NC(=O)c2cccc(OC)c2)sc2cc(S(C)(=O)=O)ccc21. The third kappa shape index (κ3) is 4.32. The van der Waals surface area contributed by atoms with Crippen LogP contribution in [0.2, 0.25) is 0 Å². The van der Waals surface area contributed by atoms with E-state index in [1.165, 1.54) is 24.7 Å². The Labute approximate surface area is 166 Å². The second-order valence-electron chi connectivity index (χ2n) is 6.08. The summed E-state index contributed by atoms with van der Waals surface area (Å²) in [5.74, 6) is 0.169. The lowest BCUT2D eigenvalue weighted by molar-refractivity contribution is 0.0997. The average Bonchev–Trinajstić information content (AvgIpc) is 3.01. The number of sulfone groups is 1. The molecule has 7 nitrogen and oxygen atoms in total. The Kier molecular flexibility index (Phi) is 5.97.